The Morgan fingerprint density at radius 3 is 2.57 bits per heavy atom. The van der Waals surface area contributed by atoms with Gasteiger partial charge in [-0.3, -0.25) is 9.48 Å². The topological polar surface area (TPSA) is 59.3 Å². The quantitative estimate of drug-likeness (QED) is 0.464. The predicted octanol–water partition coefficient (Wildman–Crippen LogP) is 4.75. The van der Waals surface area contributed by atoms with E-state index in [2.05, 4.69) is 22.7 Å². The monoisotopic (exact) mass is 394 g/mol. The second-order valence-corrected chi connectivity index (χ2v) is 7.45. The van der Waals surface area contributed by atoms with Gasteiger partial charge in [-0.2, -0.15) is 10.2 Å². The first-order valence-electron chi connectivity index (χ1n) is 9.20. The summed E-state index contributed by atoms with van der Waals surface area (Å²) in [6.07, 6.45) is 4.00. The number of nitrogens with zero attached hydrogens (tertiary/aromatic N) is 3. The third-order valence-electron chi connectivity index (χ3n) is 4.08. The molecule has 28 heavy (non-hydrogen) atoms. The predicted molar refractivity (Wildman–Crippen MR) is 113 cm³/mol. The van der Waals surface area contributed by atoms with E-state index in [0.717, 1.165) is 22.4 Å². The van der Waals surface area contributed by atoms with Crippen LogP contribution in [0.5, 0.6) is 0 Å². The van der Waals surface area contributed by atoms with Crippen molar-refractivity contribution in [2.75, 3.05) is 0 Å². The lowest BCUT2D eigenvalue weighted by Crippen LogP contribution is -2.19. The summed E-state index contributed by atoms with van der Waals surface area (Å²) in [5.74, 6) is 0.185. The second kappa shape index (κ2) is 9.33. The maximum atomic E-state index is 11.8. The van der Waals surface area contributed by atoms with Crippen molar-refractivity contribution in [2.24, 2.45) is 11.0 Å². The van der Waals surface area contributed by atoms with Crippen LogP contribution in [0.15, 0.2) is 65.9 Å². The lowest BCUT2D eigenvalue weighted by Gasteiger charge is -2.02. The number of nitrogens with one attached hydrogen (secondary N) is 1. The molecular formula is C22H23ClN4O. The fraction of sp³-hybridized carbons (Fsp3) is 0.227. The minimum atomic E-state index is -0.101. The Kier molecular flexibility index (Phi) is 6.61. The number of hydrazone groups is 1. The summed E-state index contributed by atoms with van der Waals surface area (Å²) >= 11 is 6.01. The highest BCUT2D eigenvalue weighted by atomic mass is 35.5. The lowest BCUT2D eigenvalue weighted by atomic mass is 10.1. The van der Waals surface area contributed by atoms with E-state index in [4.69, 9.17) is 16.7 Å². The molecule has 0 radical (unpaired) electrons. The van der Waals surface area contributed by atoms with Gasteiger partial charge in [-0.15, -0.1) is 0 Å². The molecule has 3 rings (SSSR count). The normalized spacial score (nSPS) is 11.3. The fourth-order valence-electron chi connectivity index (χ4n) is 2.81. The zero-order chi connectivity index (χ0) is 19.9. The molecule has 1 amide bonds. The molecule has 0 spiro atoms. The molecule has 1 heterocycles. The first-order valence-corrected chi connectivity index (χ1v) is 9.58. The average Bonchev–Trinajstić information content (AvgIpc) is 3.05. The van der Waals surface area contributed by atoms with E-state index in [1.54, 1.807) is 6.21 Å². The number of benzene rings is 2. The molecule has 0 saturated heterocycles. The van der Waals surface area contributed by atoms with Gasteiger partial charge in [0.15, 0.2) is 0 Å². The van der Waals surface area contributed by atoms with Crippen molar-refractivity contribution in [3.8, 4) is 11.3 Å². The molecule has 0 bridgehead atoms. The van der Waals surface area contributed by atoms with Crippen LogP contribution in [0, 0.1) is 5.92 Å². The lowest BCUT2D eigenvalue weighted by molar-refractivity contribution is -0.121. The van der Waals surface area contributed by atoms with Gasteiger partial charge in [-0.05, 0) is 23.6 Å². The largest absolute Gasteiger partial charge is 0.273 e. The molecule has 3 aromatic rings. The Hall–Kier alpha value is -2.92. The van der Waals surface area contributed by atoms with Crippen LogP contribution in [-0.2, 0) is 11.3 Å². The number of aromatic nitrogens is 2. The van der Waals surface area contributed by atoms with E-state index in [9.17, 15) is 4.79 Å². The highest BCUT2D eigenvalue weighted by Gasteiger charge is 2.11. The fourth-order valence-corrected chi connectivity index (χ4v) is 2.93. The molecule has 6 heteroatoms. The third kappa shape index (κ3) is 5.54. The number of halogens is 1. The Morgan fingerprint density at radius 2 is 1.89 bits per heavy atom. The van der Waals surface area contributed by atoms with Crippen molar-refractivity contribution in [1.82, 2.24) is 15.2 Å². The van der Waals surface area contributed by atoms with Crippen LogP contribution in [0.2, 0.25) is 5.02 Å². The Morgan fingerprint density at radius 1 is 1.18 bits per heavy atom. The molecule has 0 aliphatic heterocycles. The van der Waals surface area contributed by atoms with E-state index in [-0.39, 0.29) is 11.8 Å². The summed E-state index contributed by atoms with van der Waals surface area (Å²) in [5, 5.41) is 9.51. The molecule has 0 saturated carbocycles. The first-order chi connectivity index (χ1) is 13.5. The van der Waals surface area contributed by atoms with Crippen LogP contribution >= 0.6 is 11.6 Å². The summed E-state index contributed by atoms with van der Waals surface area (Å²) in [5.41, 5.74) is 6.28. The Balaban J connectivity index is 1.85. The standard InChI is InChI=1S/C22H23ClN4O/c1-16(2)12-21(28)25-24-13-19-15-27(14-17-6-4-3-5-7-17)26-22(19)18-8-10-20(23)11-9-18/h3-11,13,15-16H,12,14H2,1-2H3,(H,25,28)/b24-13-. The van der Waals surface area contributed by atoms with Gasteiger partial charge >= 0.3 is 0 Å². The van der Waals surface area contributed by atoms with Crippen molar-refractivity contribution < 1.29 is 4.79 Å². The van der Waals surface area contributed by atoms with Gasteiger partial charge in [0, 0.05) is 28.8 Å². The number of hydrogen-bond acceptors (Lipinski definition) is 3. The number of carbonyl (C=O) groups excluding carboxylic acids is 1. The van der Waals surface area contributed by atoms with Crippen molar-refractivity contribution in [1.29, 1.82) is 0 Å². The molecule has 0 atom stereocenters. The van der Waals surface area contributed by atoms with Gasteiger partial charge in [0.2, 0.25) is 5.91 Å². The molecule has 5 nitrogen and oxygen atoms in total. The van der Waals surface area contributed by atoms with E-state index >= 15 is 0 Å². The molecular weight excluding hydrogens is 372 g/mol. The molecule has 0 aliphatic rings. The minimum Gasteiger partial charge on any atom is -0.273 e. The van der Waals surface area contributed by atoms with E-state index in [1.807, 2.05) is 67.2 Å². The van der Waals surface area contributed by atoms with Gasteiger partial charge in [0.05, 0.1) is 12.8 Å². The molecule has 1 N–H and O–H groups in total. The van der Waals surface area contributed by atoms with E-state index in [1.165, 1.54) is 0 Å². The smallest absolute Gasteiger partial charge is 0.240 e. The van der Waals surface area contributed by atoms with Gasteiger partial charge < -0.3 is 0 Å². The van der Waals surface area contributed by atoms with Crippen LogP contribution in [-0.4, -0.2) is 21.9 Å². The molecule has 2 aromatic carbocycles. The van der Waals surface area contributed by atoms with Crippen molar-refractivity contribution in [3.63, 3.8) is 0 Å². The van der Waals surface area contributed by atoms with Gasteiger partial charge in [-0.1, -0.05) is 67.9 Å². The number of rotatable bonds is 7. The second-order valence-electron chi connectivity index (χ2n) is 7.01. The van der Waals surface area contributed by atoms with Gasteiger partial charge in [0.1, 0.15) is 5.69 Å². The highest BCUT2D eigenvalue weighted by molar-refractivity contribution is 6.30. The van der Waals surface area contributed by atoms with Crippen LogP contribution < -0.4 is 5.43 Å². The van der Waals surface area contributed by atoms with Crippen molar-refractivity contribution in [2.45, 2.75) is 26.8 Å². The average molecular weight is 395 g/mol. The van der Waals surface area contributed by atoms with Gasteiger partial charge in [0.25, 0.3) is 0 Å². The number of hydrogen-bond donors (Lipinski definition) is 1. The van der Waals surface area contributed by atoms with Crippen LogP contribution in [0.25, 0.3) is 11.3 Å². The molecule has 0 aliphatic carbocycles. The van der Waals surface area contributed by atoms with E-state index < -0.39 is 0 Å². The Bertz CT molecular complexity index is 946. The van der Waals surface area contributed by atoms with Crippen molar-refractivity contribution >= 4 is 23.7 Å². The molecule has 1 aromatic heterocycles. The zero-order valence-electron chi connectivity index (χ0n) is 16.0. The zero-order valence-corrected chi connectivity index (χ0v) is 16.7. The van der Waals surface area contributed by atoms with Gasteiger partial charge in [-0.25, -0.2) is 5.43 Å². The molecule has 144 valence electrons. The highest BCUT2D eigenvalue weighted by Crippen LogP contribution is 2.23. The number of carbonyl (C=O) groups is 1. The summed E-state index contributed by atoms with van der Waals surface area (Å²) < 4.78 is 1.87. The Labute approximate surface area is 170 Å². The summed E-state index contributed by atoms with van der Waals surface area (Å²) in [7, 11) is 0. The first kappa shape index (κ1) is 19.8. The minimum absolute atomic E-state index is 0.101. The summed E-state index contributed by atoms with van der Waals surface area (Å²) in [6.45, 7) is 4.64. The van der Waals surface area contributed by atoms with Crippen LogP contribution in [0.3, 0.4) is 0 Å². The molecule has 0 unspecified atom stereocenters. The molecule has 0 fully saturated rings. The maximum Gasteiger partial charge on any atom is 0.240 e. The SMILES string of the molecule is CC(C)CC(=O)N/N=C\c1cn(Cc2ccccc2)nc1-c1ccc(Cl)cc1. The van der Waals surface area contributed by atoms with Crippen LogP contribution in [0.4, 0.5) is 0 Å². The van der Waals surface area contributed by atoms with Crippen molar-refractivity contribution in [3.05, 3.63) is 76.9 Å². The summed E-state index contributed by atoms with van der Waals surface area (Å²) in [4.78, 5) is 11.8. The summed E-state index contributed by atoms with van der Waals surface area (Å²) in [6, 6.07) is 17.6. The third-order valence-corrected chi connectivity index (χ3v) is 4.33. The maximum absolute atomic E-state index is 11.8. The number of amides is 1. The van der Waals surface area contributed by atoms with E-state index in [0.29, 0.717) is 18.0 Å². The van der Waals surface area contributed by atoms with Crippen LogP contribution in [0.1, 0.15) is 31.4 Å².